The molecule has 1 aliphatic rings. The lowest BCUT2D eigenvalue weighted by Crippen LogP contribution is -2.31. The fraction of sp³-hybridized carbons (Fsp3) is 0.647. The van der Waals surface area contributed by atoms with Gasteiger partial charge >= 0.3 is 0 Å². The van der Waals surface area contributed by atoms with Gasteiger partial charge in [0.05, 0.1) is 0 Å². The molecule has 0 aromatic heterocycles. The molecule has 112 valence electrons. The minimum Gasteiger partial charge on any atom is -0.381 e. The Labute approximate surface area is 123 Å². The van der Waals surface area contributed by atoms with Crippen LogP contribution in [0.5, 0.6) is 0 Å². The standard InChI is InChI=1S/C17H28N2O/c1-14(2)18-12-16-6-4-5-7-17(16)19(3)13-15-8-10-20-11-9-15/h4-7,14-15,18H,8-13H2,1-3H3. The van der Waals surface area contributed by atoms with Crippen molar-refractivity contribution in [1.82, 2.24) is 5.32 Å². The van der Waals surface area contributed by atoms with E-state index in [1.54, 1.807) is 0 Å². The zero-order valence-corrected chi connectivity index (χ0v) is 13.1. The summed E-state index contributed by atoms with van der Waals surface area (Å²) in [6.07, 6.45) is 2.38. The van der Waals surface area contributed by atoms with Crippen LogP contribution in [-0.4, -0.2) is 32.8 Å². The molecule has 0 saturated carbocycles. The molecule has 0 amide bonds. The molecule has 0 radical (unpaired) electrons. The van der Waals surface area contributed by atoms with E-state index in [1.165, 1.54) is 24.1 Å². The van der Waals surface area contributed by atoms with E-state index in [0.717, 1.165) is 32.2 Å². The second-order valence-corrected chi connectivity index (χ2v) is 6.10. The van der Waals surface area contributed by atoms with Crippen LogP contribution in [0.2, 0.25) is 0 Å². The maximum atomic E-state index is 5.45. The Balaban J connectivity index is 1.98. The first-order chi connectivity index (χ1) is 9.66. The number of benzene rings is 1. The first-order valence-electron chi connectivity index (χ1n) is 7.77. The molecule has 1 aliphatic heterocycles. The van der Waals surface area contributed by atoms with Crippen molar-refractivity contribution in [2.45, 2.75) is 39.3 Å². The number of rotatable bonds is 6. The van der Waals surface area contributed by atoms with E-state index < -0.39 is 0 Å². The first-order valence-corrected chi connectivity index (χ1v) is 7.77. The van der Waals surface area contributed by atoms with E-state index in [9.17, 15) is 0 Å². The third kappa shape index (κ3) is 4.50. The molecule has 0 aliphatic carbocycles. The Bertz CT molecular complexity index is 400. The molecule has 3 nitrogen and oxygen atoms in total. The van der Waals surface area contributed by atoms with Crippen molar-refractivity contribution < 1.29 is 4.74 Å². The van der Waals surface area contributed by atoms with Crippen LogP contribution in [0.25, 0.3) is 0 Å². The lowest BCUT2D eigenvalue weighted by molar-refractivity contribution is 0.0685. The fourth-order valence-electron chi connectivity index (χ4n) is 2.76. The summed E-state index contributed by atoms with van der Waals surface area (Å²) in [6.45, 7) is 8.29. The minimum atomic E-state index is 0.517. The summed E-state index contributed by atoms with van der Waals surface area (Å²) in [6, 6.07) is 9.24. The summed E-state index contributed by atoms with van der Waals surface area (Å²) in [5, 5.41) is 3.51. The second kappa shape index (κ2) is 7.65. The van der Waals surface area contributed by atoms with Crippen LogP contribution < -0.4 is 10.2 Å². The van der Waals surface area contributed by atoms with E-state index in [2.05, 4.69) is 55.4 Å². The normalized spacial score (nSPS) is 16.6. The van der Waals surface area contributed by atoms with Crippen molar-refractivity contribution in [2.24, 2.45) is 5.92 Å². The zero-order valence-electron chi connectivity index (χ0n) is 13.1. The number of hydrogen-bond acceptors (Lipinski definition) is 3. The number of hydrogen-bond donors (Lipinski definition) is 1. The van der Waals surface area contributed by atoms with Crippen molar-refractivity contribution in [2.75, 3.05) is 31.7 Å². The van der Waals surface area contributed by atoms with Crippen molar-refractivity contribution in [3.05, 3.63) is 29.8 Å². The highest BCUT2D eigenvalue weighted by Crippen LogP contribution is 2.23. The molecule has 2 rings (SSSR count). The van der Waals surface area contributed by atoms with Gasteiger partial charge in [-0.1, -0.05) is 32.0 Å². The van der Waals surface area contributed by atoms with Gasteiger partial charge in [-0.05, 0) is 30.4 Å². The molecule has 20 heavy (non-hydrogen) atoms. The molecule has 1 fully saturated rings. The van der Waals surface area contributed by atoms with Gasteiger partial charge in [-0.15, -0.1) is 0 Å². The summed E-state index contributed by atoms with van der Waals surface area (Å²) in [7, 11) is 2.21. The van der Waals surface area contributed by atoms with Gasteiger partial charge in [-0.3, -0.25) is 0 Å². The molecule has 0 unspecified atom stereocenters. The van der Waals surface area contributed by atoms with Crippen LogP contribution >= 0.6 is 0 Å². The Morgan fingerprint density at radius 1 is 1.25 bits per heavy atom. The quantitative estimate of drug-likeness (QED) is 0.864. The number of para-hydroxylation sites is 1. The molecule has 1 saturated heterocycles. The van der Waals surface area contributed by atoms with Crippen LogP contribution in [0.15, 0.2) is 24.3 Å². The van der Waals surface area contributed by atoms with Crippen molar-refractivity contribution in [3.8, 4) is 0 Å². The Hall–Kier alpha value is -1.06. The first kappa shape index (κ1) is 15.3. The van der Waals surface area contributed by atoms with Crippen LogP contribution in [0.4, 0.5) is 5.69 Å². The molecular weight excluding hydrogens is 248 g/mol. The topological polar surface area (TPSA) is 24.5 Å². The maximum absolute atomic E-state index is 5.45. The van der Waals surface area contributed by atoms with Crippen LogP contribution in [0.3, 0.4) is 0 Å². The predicted molar refractivity (Wildman–Crippen MR) is 85.2 cm³/mol. The third-order valence-electron chi connectivity index (χ3n) is 3.98. The monoisotopic (exact) mass is 276 g/mol. The smallest absolute Gasteiger partial charge is 0.0469 e. The molecule has 0 spiro atoms. The summed E-state index contributed by atoms with van der Waals surface area (Å²) in [4.78, 5) is 2.41. The molecular formula is C17H28N2O. The Morgan fingerprint density at radius 2 is 1.95 bits per heavy atom. The summed E-state index contributed by atoms with van der Waals surface area (Å²) in [5.41, 5.74) is 2.74. The molecule has 1 aromatic carbocycles. The lowest BCUT2D eigenvalue weighted by atomic mass is 9.99. The van der Waals surface area contributed by atoms with Crippen LogP contribution in [0, 0.1) is 5.92 Å². The van der Waals surface area contributed by atoms with E-state index in [1.807, 2.05) is 0 Å². The van der Waals surface area contributed by atoms with E-state index >= 15 is 0 Å². The highest BCUT2D eigenvalue weighted by atomic mass is 16.5. The summed E-state index contributed by atoms with van der Waals surface area (Å²) >= 11 is 0. The van der Waals surface area contributed by atoms with E-state index in [-0.39, 0.29) is 0 Å². The molecule has 0 atom stereocenters. The third-order valence-corrected chi connectivity index (χ3v) is 3.98. The van der Waals surface area contributed by atoms with Gasteiger partial charge in [-0.2, -0.15) is 0 Å². The molecule has 1 N–H and O–H groups in total. The Kier molecular flexibility index (Phi) is 5.86. The zero-order chi connectivity index (χ0) is 14.4. The van der Waals surface area contributed by atoms with Gasteiger partial charge in [0, 0.05) is 45.1 Å². The average molecular weight is 276 g/mol. The SMILES string of the molecule is CC(C)NCc1ccccc1N(C)CC1CCOCC1. The average Bonchev–Trinajstić information content (AvgIpc) is 2.46. The number of ether oxygens (including phenoxy) is 1. The fourth-order valence-corrected chi connectivity index (χ4v) is 2.76. The summed E-state index contributed by atoms with van der Waals surface area (Å²) < 4.78 is 5.45. The number of anilines is 1. The van der Waals surface area contributed by atoms with Crippen molar-refractivity contribution in [3.63, 3.8) is 0 Å². The van der Waals surface area contributed by atoms with Gasteiger partial charge in [0.15, 0.2) is 0 Å². The van der Waals surface area contributed by atoms with E-state index in [0.29, 0.717) is 6.04 Å². The molecule has 1 heterocycles. The highest BCUT2D eigenvalue weighted by molar-refractivity contribution is 5.53. The summed E-state index contributed by atoms with van der Waals surface area (Å²) in [5.74, 6) is 0.764. The van der Waals surface area contributed by atoms with E-state index in [4.69, 9.17) is 4.74 Å². The van der Waals surface area contributed by atoms with Crippen LogP contribution in [0.1, 0.15) is 32.3 Å². The second-order valence-electron chi connectivity index (χ2n) is 6.10. The lowest BCUT2D eigenvalue weighted by Gasteiger charge is -2.30. The Morgan fingerprint density at radius 3 is 2.65 bits per heavy atom. The molecule has 0 bridgehead atoms. The van der Waals surface area contributed by atoms with Crippen molar-refractivity contribution >= 4 is 5.69 Å². The largest absolute Gasteiger partial charge is 0.381 e. The van der Waals surface area contributed by atoms with Gasteiger partial charge in [0.1, 0.15) is 0 Å². The highest BCUT2D eigenvalue weighted by Gasteiger charge is 2.17. The van der Waals surface area contributed by atoms with Gasteiger partial charge < -0.3 is 15.0 Å². The predicted octanol–water partition coefficient (Wildman–Crippen LogP) is 3.05. The number of nitrogens with one attached hydrogen (secondary N) is 1. The maximum Gasteiger partial charge on any atom is 0.0469 e. The van der Waals surface area contributed by atoms with Crippen LogP contribution in [-0.2, 0) is 11.3 Å². The minimum absolute atomic E-state index is 0.517. The molecule has 3 heteroatoms. The van der Waals surface area contributed by atoms with Gasteiger partial charge in [0.2, 0.25) is 0 Å². The number of nitrogens with zero attached hydrogens (tertiary/aromatic N) is 1. The molecule has 1 aromatic rings. The van der Waals surface area contributed by atoms with Gasteiger partial charge in [0.25, 0.3) is 0 Å². The van der Waals surface area contributed by atoms with Crippen molar-refractivity contribution in [1.29, 1.82) is 0 Å². The van der Waals surface area contributed by atoms with Gasteiger partial charge in [-0.25, -0.2) is 0 Å².